The van der Waals surface area contributed by atoms with Crippen molar-refractivity contribution in [3.63, 3.8) is 0 Å². The van der Waals surface area contributed by atoms with Crippen molar-refractivity contribution in [1.82, 2.24) is 19.7 Å². The quantitative estimate of drug-likeness (QED) is 0.527. The number of nitrogens with one attached hydrogen (secondary N) is 1. The molecule has 3 heterocycles. The molecule has 2 aromatic heterocycles. The van der Waals surface area contributed by atoms with Gasteiger partial charge in [-0.1, -0.05) is 23.1 Å². The van der Waals surface area contributed by atoms with Gasteiger partial charge in [0.05, 0.1) is 22.6 Å². The maximum atomic E-state index is 12.5. The van der Waals surface area contributed by atoms with Crippen LogP contribution in [0.3, 0.4) is 0 Å². The van der Waals surface area contributed by atoms with Crippen molar-refractivity contribution < 1.29 is 9.53 Å². The third kappa shape index (κ3) is 4.11. The molecule has 2 aliphatic rings. The summed E-state index contributed by atoms with van der Waals surface area (Å²) in [6, 6.07) is 6.25. The van der Waals surface area contributed by atoms with E-state index in [2.05, 4.69) is 30.0 Å². The average Bonchev–Trinajstić information content (AvgIpc) is 3.14. The monoisotopic (exact) mass is 444 g/mol. The van der Waals surface area contributed by atoms with E-state index < -0.39 is 0 Å². The molecule has 158 valence electrons. The molecule has 3 aromatic rings. The fraction of sp³-hybridized carbons (Fsp3) is 0.500. The number of thioether (sulfide) groups is 1. The zero-order chi connectivity index (χ0) is 20.5. The number of nitrogens with zero attached hydrogens (tertiary/aromatic N) is 5. The minimum atomic E-state index is -0.0860. The summed E-state index contributed by atoms with van der Waals surface area (Å²) in [5.74, 6) is 1.98. The number of hydrogen-bond donors (Lipinski definition) is 1. The summed E-state index contributed by atoms with van der Waals surface area (Å²) in [5, 5.41) is 13.2. The normalized spacial score (nSPS) is 16.4. The Morgan fingerprint density at radius 3 is 2.90 bits per heavy atom. The topological polar surface area (TPSA) is 85.2 Å². The third-order valence-electron chi connectivity index (χ3n) is 5.20. The van der Waals surface area contributed by atoms with Gasteiger partial charge in [-0.25, -0.2) is 4.98 Å². The van der Waals surface area contributed by atoms with E-state index >= 15 is 0 Å². The van der Waals surface area contributed by atoms with Gasteiger partial charge >= 0.3 is 0 Å². The maximum Gasteiger partial charge on any atom is 0.236 e. The summed E-state index contributed by atoms with van der Waals surface area (Å²) in [7, 11) is 0. The predicted molar refractivity (Wildman–Crippen MR) is 120 cm³/mol. The van der Waals surface area contributed by atoms with Gasteiger partial charge in [0, 0.05) is 19.1 Å². The van der Waals surface area contributed by atoms with Gasteiger partial charge in [-0.3, -0.25) is 9.36 Å². The lowest BCUT2D eigenvalue weighted by Crippen LogP contribution is -2.22. The second-order valence-corrected chi connectivity index (χ2v) is 9.47. The Morgan fingerprint density at radius 2 is 2.13 bits per heavy atom. The van der Waals surface area contributed by atoms with Crippen molar-refractivity contribution in [2.45, 2.75) is 43.8 Å². The average molecular weight is 445 g/mol. The van der Waals surface area contributed by atoms with Crippen LogP contribution in [0.15, 0.2) is 23.4 Å². The Bertz CT molecular complexity index is 1050. The number of carbonyl (C=O) groups excluding carboxylic acids is 1. The van der Waals surface area contributed by atoms with Gasteiger partial charge in [-0.05, 0) is 50.8 Å². The van der Waals surface area contributed by atoms with Crippen molar-refractivity contribution in [2.24, 2.45) is 0 Å². The summed E-state index contributed by atoms with van der Waals surface area (Å²) < 4.78 is 8.76. The van der Waals surface area contributed by atoms with E-state index in [9.17, 15) is 4.79 Å². The third-order valence-corrected chi connectivity index (χ3v) is 7.07. The highest BCUT2D eigenvalue weighted by atomic mass is 32.2. The lowest BCUT2D eigenvalue weighted by Gasteiger charge is -2.17. The lowest BCUT2D eigenvalue weighted by atomic mass is 10.3. The van der Waals surface area contributed by atoms with Gasteiger partial charge in [0.2, 0.25) is 11.9 Å². The van der Waals surface area contributed by atoms with Crippen molar-refractivity contribution in [3.8, 4) is 5.75 Å². The van der Waals surface area contributed by atoms with Crippen molar-refractivity contribution in [1.29, 1.82) is 0 Å². The highest BCUT2D eigenvalue weighted by Gasteiger charge is 2.32. The number of rotatable bonds is 8. The molecule has 1 amide bonds. The first kappa shape index (κ1) is 19.6. The molecular weight excluding hydrogens is 420 g/mol. The molecule has 1 aromatic carbocycles. The largest absolute Gasteiger partial charge is 0.494 e. The molecule has 10 heteroatoms. The minimum Gasteiger partial charge on any atom is -0.494 e. The van der Waals surface area contributed by atoms with Crippen LogP contribution in [-0.4, -0.2) is 51.1 Å². The van der Waals surface area contributed by atoms with Crippen LogP contribution in [-0.2, 0) is 4.79 Å². The Morgan fingerprint density at radius 1 is 1.30 bits per heavy atom. The van der Waals surface area contributed by atoms with Gasteiger partial charge in [-0.2, -0.15) is 0 Å². The standard InChI is InChI=1S/C20H24N6O2S2/c1-2-28-14-7-8-15-16(11-14)30-18(21-15)22-17(27)12-29-20-24-23-19(25-9-3-4-10-25)26(20)13-5-6-13/h7-8,11,13H,2-6,9-10,12H2,1H3,(H,21,22,27). The zero-order valence-corrected chi connectivity index (χ0v) is 18.5. The molecule has 1 aliphatic carbocycles. The molecule has 1 aliphatic heterocycles. The summed E-state index contributed by atoms with van der Waals surface area (Å²) in [6.45, 7) is 4.66. The highest BCUT2D eigenvalue weighted by molar-refractivity contribution is 7.99. The molecule has 0 radical (unpaired) electrons. The number of benzene rings is 1. The minimum absolute atomic E-state index is 0.0860. The van der Waals surface area contributed by atoms with Crippen LogP contribution in [0.1, 0.15) is 38.6 Å². The van der Waals surface area contributed by atoms with E-state index in [0.29, 0.717) is 17.8 Å². The van der Waals surface area contributed by atoms with Crippen LogP contribution >= 0.6 is 23.1 Å². The van der Waals surface area contributed by atoms with E-state index in [1.165, 1.54) is 35.9 Å². The molecule has 30 heavy (non-hydrogen) atoms. The molecule has 0 bridgehead atoms. The van der Waals surface area contributed by atoms with Crippen molar-refractivity contribution in [2.75, 3.05) is 35.7 Å². The molecule has 5 rings (SSSR count). The second kappa shape index (κ2) is 8.43. The first-order valence-corrected chi connectivity index (χ1v) is 12.2. The summed E-state index contributed by atoms with van der Waals surface area (Å²) in [5.41, 5.74) is 0.857. The zero-order valence-electron chi connectivity index (χ0n) is 16.8. The first-order chi connectivity index (χ1) is 14.7. The molecule has 0 unspecified atom stereocenters. The van der Waals surface area contributed by atoms with Crippen LogP contribution < -0.4 is 15.0 Å². The summed E-state index contributed by atoms with van der Waals surface area (Å²) in [4.78, 5) is 19.3. The van der Waals surface area contributed by atoms with E-state index in [1.807, 2.05) is 25.1 Å². The van der Waals surface area contributed by atoms with Gasteiger partial charge in [0.25, 0.3) is 0 Å². The number of fused-ring (bicyclic) bond motifs is 1. The van der Waals surface area contributed by atoms with Gasteiger partial charge < -0.3 is 15.0 Å². The smallest absolute Gasteiger partial charge is 0.236 e. The molecular formula is C20H24N6O2S2. The number of anilines is 2. The molecule has 8 nitrogen and oxygen atoms in total. The predicted octanol–water partition coefficient (Wildman–Crippen LogP) is 3.95. The fourth-order valence-electron chi connectivity index (χ4n) is 3.65. The number of thiazole rings is 1. The molecule has 0 spiro atoms. The van der Waals surface area contributed by atoms with Crippen LogP contribution in [0.5, 0.6) is 5.75 Å². The van der Waals surface area contributed by atoms with E-state index in [4.69, 9.17) is 4.74 Å². The van der Waals surface area contributed by atoms with Crippen LogP contribution in [0.4, 0.5) is 11.1 Å². The van der Waals surface area contributed by atoms with Gasteiger partial charge in [0.1, 0.15) is 5.75 Å². The molecule has 0 atom stereocenters. The number of amides is 1. The Balaban J connectivity index is 1.24. The molecule has 1 N–H and O–H groups in total. The van der Waals surface area contributed by atoms with E-state index in [0.717, 1.165) is 53.0 Å². The Kier molecular flexibility index (Phi) is 5.51. The number of aromatic nitrogens is 4. The van der Waals surface area contributed by atoms with Gasteiger partial charge in [-0.15, -0.1) is 10.2 Å². The number of carbonyl (C=O) groups is 1. The second-order valence-electron chi connectivity index (χ2n) is 7.50. The maximum absolute atomic E-state index is 12.5. The molecule has 1 saturated carbocycles. The van der Waals surface area contributed by atoms with E-state index in [-0.39, 0.29) is 11.7 Å². The first-order valence-electron chi connectivity index (χ1n) is 10.4. The van der Waals surface area contributed by atoms with Gasteiger partial charge in [0.15, 0.2) is 10.3 Å². The molecule has 1 saturated heterocycles. The van der Waals surface area contributed by atoms with E-state index in [1.54, 1.807) is 0 Å². The SMILES string of the molecule is CCOc1ccc2nc(NC(=O)CSc3nnc(N4CCCC4)n3C3CC3)sc2c1. The highest BCUT2D eigenvalue weighted by Crippen LogP contribution is 2.41. The fourth-order valence-corrected chi connectivity index (χ4v) is 5.36. The van der Waals surface area contributed by atoms with Crippen LogP contribution in [0.2, 0.25) is 0 Å². The summed E-state index contributed by atoms with van der Waals surface area (Å²) >= 11 is 2.90. The number of ether oxygens (including phenoxy) is 1. The Hall–Kier alpha value is -2.33. The molecule has 2 fully saturated rings. The van der Waals surface area contributed by atoms with Crippen molar-refractivity contribution in [3.05, 3.63) is 18.2 Å². The summed E-state index contributed by atoms with van der Waals surface area (Å²) in [6.07, 6.45) is 4.73. The van der Waals surface area contributed by atoms with Crippen molar-refractivity contribution >= 4 is 50.3 Å². The van der Waals surface area contributed by atoms with Crippen LogP contribution in [0, 0.1) is 0 Å². The Labute approximate surface area is 183 Å². The lowest BCUT2D eigenvalue weighted by molar-refractivity contribution is -0.113. The van der Waals surface area contributed by atoms with Crippen LogP contribution in [0.25, 0.3) is 10.2 Å². The number of hydrogen-bond acceptors (Lipinski definition) is 8.